The number of amides is 2. The number of hydrogen-bond donors (Lipinski definition) is 2. The highest BCUT2D eigenvalue weighted by Gasteiger charge is 2.13. The van der Waals surface area contributed by atoms with Crippen molar-refractivity contribution in [1.82, 2.24) is 10.6 Å². The van der Waals surface area contributed by atoms with Gasteiger partial charge in [-0.2, -0.15) is 0 Å². The Hall–Kier alpha value is -4.46. The van der Waals surface area contributed by atoms with Crippen LogP contribution < -0.4 is 29.6 Å². The van der Waals surface area contributed by atoms with Gasteiger partial charge in [0.2, 0.25) is 0 Å². The first-order valence-corrected chi connectivity index (χ1v) is 10.9. The molecule has 0 aromatic heterocycles. The monoisotopic (exact) mass is 476 g/mol. The van der Waals surface area contributed by atoms with Crippen molar-refractivity contribution < 1.29 is 28.5 Å². The van der Waals surface area contributed by atoms with E-state index in [0.717, 1.165) is 5.56 Å². The molecule has 0 unspecified atom stereocenters. The largest absolute Gasteiger partial charge is 0.497 e. The maximum atomic E-state index is 12.6. The third-order valence-corrected chi connectivity index (χ3v) is 4.94. The molecule has 0 radical (unpaired) electrons. The van der Waals surface area contributed by atoms with Gasteiger partial charge < -0.3 is 29.6 Å². The molecular weight excluding hydrogens is 448 g/mol. The minimum atomic E-state index is -0.416. The Kier molecular flexibility index (Phi) is 9.13. The van der Waals surface area contributed by atoms with Crippen LogP contribution in [-0.2, 0) is 4.79 Å². The number of nitrogens with one attached hydrogen (secondary N) is 2. The summed E-state index contributed by atoms with van der Waals surface area (Å²) < 4.78 is 21.8. The van der Waals surface area contributed by atoms with Crippen molar-refractivity contribution in [1.29, 1.82) is 0 Å². The molecule has 3 rings (SSSR count). The zero-order valence-electron chi connectivity index (χ0n) is 19.9. The van der Waals surface area contributed by atoms with Gasteiger partial charge in [0, 0.05) is 12.6 Å². The average molecular weight is 477 g/mol. The molecule has 2 N–H and O–H groups in total. The Morgan fingerprint density at radius 2 is 1.40 bits per heavy atom. The summed E-state index contributed by atoms with van der Waals surface area (Å²) in [5.41, 5.74) is 1.24. The van der Waals surface area contributed by atoms with E-state index in [1.165, 1.54) is 7.05 Å². The van der Waals surface area contributed by atoms with Crippen LogP contribution in [0, 0.1) is 0 Å². The second-order valence-electron chi connectivity index (χ2n) is 7.24. The lowest BCUT2D eigenvalue weighted by molar-refractivity contribution is -0.117. The Balaban J connectivity index is 1.59. The number of benzene rings is 3. The molecule has 0 heterocycles. The molecule has 0 bridgehead atoms. The van der Waals surface area contributed by atoms with Gasteiger partial charge in [-0.3, -0.25) is 9.59 Å². The number of rotatable bonds is 11. The summed E-state index contributed by atoms with van der Waals surface area (Å²) in [6.45, 7) is 0.689. The normalized spacial score (nSPS) is 10.8. The van der Waals surface area contributed by atoms with Crippen molar-refractivity contribution in [3.8, 4) is 23.0 Å². The Bertz CT molecular complexity index is 1160. The zero-order valence-corrected chi connectivity index (χ0v) is 19.9. The minimum absolute atomic E-state index is 0.118. The van der Waals surface area contributed by atoms with Crippen LogP contribution in [0.25, 0.3) is 6.08 Å². The fraction of sp³-hybridized carbons (Fsp3) is 0.185. The van der Waals surface area contributed by atoms with Gasteiger partial charge in [-0.25, -0.2) is 0 Å². The first-order valence-electron chi connectivity index (χ1n) is 10.9. The molecule has 35 heavy (non-hydrogen) atoms. The fourth-order valence-electron chi connectivity index (χ4n) is 3.11. The second kappa shape index (κ2) is 12.7. The molecule has 8 nitrogen and oxygen atoms in total. The number of hydrogen-bond acceptors (Lipinski definition) is 6. The highest BCUT2D eigenvalue weighted by molar-refractivity contribution is 6.05. The Labute approximate surface area is 204 Å². The van der Waals surface area contributed by atoms with Gasteiger partial charge in [0.05, 0.1) is 14.2 Å². The van der Waals surface area contributed by atoms with Gasteiger partial charge in [-0.05, 0) is 60.2 Å². The first-order chi connectivity index (χ1) is 17.0. The van der Waals surface area contributed by atoms with Crippen LogP contribution >= 0.6 is 0 Å². The van der Waals surface area contributed by atoms with Gasteiger partial charge in [0.25, 0.3) is 11.8 Å². The summed E-state index contributed by atoms with van der Waals surface area (Å²) in [6.07, 6.45) is 1.59. The quantitative estimate of drug-likeness (QED) is 0.324. The van der Waals surface area contributed by atoms with Gasteiger partial charge in [0.15, 0.2) is 11.5 Å². The van der Waals surface area contributed by atoms with Crippen LogP contribution in [0.15, 0.2) is 78.5 Å². The van der Waals surface area contributed by atoms with Crippen molar-refractivity contribution in [2.75, 3.05) is 34.5 Å². The molecule has 0 saturated heterocycles. The van der Waals surface area contributed by atoms with E-state index in [-0.39, 0.29) is 5.70 Å². The molecule has 2 amide bonds. The van der Waals surface area contributed by atoms with Crippen LogP contribution in [0.1, 0.15) is 15.9 Å². The molecule has 0 aliphatic rings. The minimum Gasteiger partial charge on any atom is -0.497 e. The number of para-hydroxylation sites is 2. The molecule has 182 valence electrons. The van der Waals surface area contributed by atoms with Crippen molar-refractivity contribution in [2.24, 2.45) is 0 Å². The van der Waals surface area contributed by atoms with Crippen molar-refractivity contribution >= 4 is 17.9 Å². The molecule has 3 aromatic rings. The lowest BCUT2D eigenvalue weighted by Gasteiger charge is -2.11. The number of carbonyl (C=O) groups excluding carboxylic acids is 2. The molecule has 0 fully saturated rings. The SMILES string of the molecule is CNC(=O)C(=Cc1ccc(OCCOc2ccccc2OC)cc1)NC(=O)c1ccc(OC)cc1. The highest BCUT2D eigenvalue weighted by atomic mass is 16.5. The van der Waals surface area contributed by atoms with Crippen LogP contribution in [0.5, 0.6) is 23.0 Å². The van der Waals surface area contributed by atoms with E-state index >= 15 is 0 Å². The topological polar surface area (TPSA) is 95.1 Å². The third-order valence-electron chi connectivity index (χ3n) is 4.94. The number of likely N-dealkylation sites (N-methyl/N-ethyl adjacent to an activating group) is 1. The van der Waals surface area contributed by atoms with Crippen LogP contribution in [-0.4, -0.2) is 46.3 Å². The summed E-state index contributed by atoms with van der Waals surface area (Å²) in [5, 5.41) is 5.20. The Morgan fingerprint density at radius 1 is 0.771 bits per heavy atom. The van der Waals surface area contributed by atoms with Crippen LogP contribution in [0.2, 0.25) is 0 Å². The molecule has 0 atom stereocenters. The molecule has 3 aromatic carbocycles. The predicted molar refractivity (Wildman–Crippen MR) is 133 cm³/mol. The Morgan fingerprint density at radius 3 is 2.03 bits per heavy atom. The number of ether oxygens (including phenoxy) is 4. The smallest absolute Gasteiger partial charge is 0.267 e. The van der Waals surface area contributed by atoms with Gasteiger partial charge in [-0.1, -0.05) is 24.3 Å². The lowest BCUT2D eigenvalue weighted by Crippen LogP contribution is -2.33. The maximum Gasteiger partial charge on any atom is 0.267 e. The summed E-state index contributed by atoms with van der Waals surface area (Å²) in [4.78, 5) is 24.9. The molecule has 0 spiro atoms. The van der Waals surface area contributed by atoms with E-state index in [1.54, 1.807) is 68.8 Å². The summed E-state index contributed by atoms with van der Waals surface area (Å²) in [6, 6.07) is 21.2. The van der Waals surface area contributed by atoms with E-state index in [4.69, 9.17) is 18.9 Å². The molecule has 8 heteroatoms. The fourth-order valence-corrected chi connectivity index (χ4v) is 3.11. The standard InChI is InChI=1S/C27H28N2O6/c1-28-27(31)23(29-26(30)20-10-14-21(32-2)15-11-20)18-19-8-12-22(13-9-19)34-16-17-35-25-7-5-4-6-24(25)33-3/h4-15,18H,16-17H2,1-3H3,(H,28,31)(H,29,30). The zero-order chi connectivity index (χ0) is 25.0. The predicted octanol–water partition coefficient (Wildman–Crippen LogP) is 3.68. The van der Waals surface area contributed by atoms with E-state index in [0.29, 0.717) is 41.8 Å². The maximum absolute atomic E-state index is 12.6. The van der Waals surface area contributed by atoms with Gasteiger partial charge in [-0.15, -0.1) is 0 Å². The third kappa shape index (κ3) is 7.26. The molecular formula is C27H28N2O6. The van der Waals surface area contributed by atoms with Crippen molar-refractivity contribution in [3.05, 3.63) is 89.6 Å². The van der Waals surface area contributed by atoms with E-state index in [1.807, 2.05) is 24.3 Å². The van der Waals surface area contributed by atoms with E-state index in [9.17, 15) is 9.59 Å². The van der Waals surface area contributed by atoms with Gasteiger partial charge >= 0.3 is 0 Å². The summed E-state index contributed by atoms with van der Waals surface area (Å²) in [7, 11) is 4.64. The summed E-state index contributed by atoms with van der Waals surface area (Å²) in [5.74, 6) is 1.78. The number of methoxy groups -OCH3 is 2. The van der Waals surface area contributed by atoms with E-state index in [2.05, 4.69) is 10.6 Å². The number of carbonyl (C=O) groups is 2. The highest BCUT2D eigenvalue weighted by Crippen LogP contribution is 2.25. The lowest BCUT2D eigenvalue weighted by atomic mass is 10.1. The van der Waals surface area contributed by atoms with Crippen LogP contribution in [0.3, 0.4) is 0 Å². The molecule has 0 saturated carbocycles. The first kappa shape index (κ1) is 25.2. The van der Waals surface area contributed by atoms with E-state index < -0.39 is 11.8 Å². The summed E-state index contributed by atoms with van der Waals surface area (Å²) >= 11 is 0. The molecule has 0 aliphatic carbocycles. The van der Waals surface area contributed by atoms with Crippen molar-refractivity contribution in [3.63, 3.8) is 0 Å². The van der Waals surface area contributed by atoms with Crippen molar-refractivity contribution in [2.45, 2.75) is 0 Å². The van der Waals surface area contributed by atoms with Crippen LogP contribution in [0.4, 0.5) is 0 Å². The van der Waals surface area contributed by atoms with Gasteiger partial charge in [0.1, 0.15) is 30.4 Å². The second-order valence-corrected chi connectivity index (χ2v) is 7.24. The average Bonchev–Trinajstić information content (AvgIpc) is 2.91. The molecule has 0 aliphatic heterocycles.